The molecular weight excluding hydrogens is 382 g/mol. The monoisotopic (exact) mass is 405 g/mol. The van der Waals surface area contributed by atoms with E-state index in [0.717, 1.165) is 35.2 Å². The van der Waals surface area contributed by atoms with Crippen molar-refractivity contribution in [3.05, 3.63) is 48.3 Å². The van der Waals surface area contributed by atoms with Crippen molar-refractivity contribution in [2.24, 2.45) is 5.41 Å². The Morgan fingerprint density at radius 3 is 2.93 bits per heavy atom. The third-order valence-corrected chi connectivity index (χ3v) is 5.95. The van der Waals surface area contributed by atoms with E-state index in [-0.39, 0.29) is 18.6 Å². The third kappa shape index (κ3) is 3.35. The van der Waals surface area contributed by atoms with Crippen molar-refractivity contribution >= 4 is 28.0 Å². The fourth-order valence-electron chi connectivity index (χ4n) is 4.18. The fourth-order valence-corrected chi connectivity index (χ4v) is 4.18. The van der Waals surface area contributed by atoms with Gasteiger partial charge in [-0.2, -0.15) is 0 Å². The molecule has 30 heavy (non-hydrogen) atoms. The number of aliphatic hydroxyl groups excluding tert-OH is 2. The highest BCUT2D eigenvalue weighted by atomic mass is 16.3. The summed E-state index contributed by atoms with van der Waals surface area (Å²) in [7, 11) is 0. The van der Waals surface area contributed by atoms with Crippen LogP contribution in [0.3, 0.4) is 0 Å². The van der Waals surface area contributed by atoms with Crippen LogP contribution in [-0.4, -0.2) is 66.5 Å². The van der Waals surface area contributed by atoms with Crippen LogP contribution < -0.4 is 4.90 Å². The first kappa shape index (κ1) is 18.8. The van der Waals surface area contributed by atoms with Crippen LogP contribution in [0.1, 0.15) is 18.4 Å². The van der Waals surface area contributed by atoms with E-state index in [0.29, 0.717) is 30.8 Å². The molecule has 1 aliphatic heterocycles. The van der Waals surface area contributed by atoms with Crippen molar-refractivity contribution in [1.29, 1.82) is 0 Å². The van der Waals surface area contributed by atoms with Gasteiger partial charge in [0.05, 0.1) is 24.9 Å². The molecular formula is C21H23N7O2. The van der Waals surface area contributed by atoms with E-state index in [4.69, 9.17) is 4.98 Å². The maximum absolute atomic E-state index is 9.83. The fraction of sp³-hybridized carbons (Fsp3) is 0.381. The highest BCUT2D eigenvalue weighted by Crippen LogP contribution is 2.35. The van der Waals surface area contributed by atoms with Crippen LogP contribution in [0.4, 0.5) is 5.82 Å². The maximum atomic E-state index is 9.83. The van der Waals surface area contributed by atoms with Gasteiger partial charge in [0.25, 0.3) is 0 Å². The Bertz CT molecular complexity index is 1190. The Morgan fingerprint density at radius 2 is 2.07 bits per heavy atom. The summed E-state index contributed by atoms with van der Waals surface area (Å²) in [5.41, 5.74) is 2.88. The SMILES string of the molecule is OCCC1(CO)CCN(c2cnc3nnn(Cc4ccc5ncccc5c4)c3n2)C1. The van der Waals surface area contributed by atoms with E-state index in [2.05, 4.69) is 31.2 Å². The first-order valence-electron chi connectivity index (χ1n) is 10.1. The summed E-state index contributed by atoms with van der Waals surface area (Å²) < 4.78 is 1.76. The Labute approximate surface area is 173 Å². The summed E-state index contributed by atoms with van der Waals surface area (Å²) in [6.45, 7) is 2.06. The van der Waals surface area contributed by atoms with Gasteiger partial charge in [-0.1, -0.05) is 17.3 Å². The molecule has 1 aliphatic rings. The van der Waals surface area contributed by atoms with Gasteiger partial charge in [0.1, 0.15) is 5.82 Å². The molecule has 0 radical (unpaired) electrons. The number of rotatable bonds is 6. The zero-order valence-electron chi connectivity index (χ0n) is 16.5. The molecule has 9 nitrogen and oxygen atoms in total. The lowest BCUT2D eigenvalue weighted by molar-refractivity contribution is 0.109. The predicted octanol–water partition coefficient (Wildman–Crippen LogP) is 1.39. The van der Waals surface area contributed by atoms with Gasteiger partial charge in [0.15, 0.2) is 5.65 Å². The van der Waals surface area contributed by atoms with Gasteiger partial charge in [-0.3, -0.25) is 4.98 Å². The molecule has 9 heteroatoms. The minimum Gasteiger partial charge on any atom is -0.396 e. The van der Waals surface area contributed by atoms with E-state index in [9.17, 15) is 10.2 Å². The summed E-state index contributed by atoms with van der Waals surface area (Å²) in [4.78, 5) is 15.7. The summed E-state index contributed by atoms with van der Waals surface area (Å²) in [5.74, 6) is 0.738. The number of aliphatic hydroxyl groups is 2. The van der Waals surface area contributed by atoms with Gasteiger partial charge < -0.3 is 15.1 Å². The molecule has 0 bridgehead atoms. The zero-order valence-corrected chi connectivity index (χ0v) is 16.5. The van der Waals surface area contributed by atoms with Gasteiger partial charge in [-0.05, 0) is 36.6 Å². The lowest BCUT2D eigenvalue weighted by atomic mass is 9.85. The molecule has 0 saturated carbocycles. The molecule has 2 N–H and O–H groups in total. The minimum atomic E-state index is -0.289. The number of pyridine rings is 1. The quantitative estimate of drug-likeness (QED) is 0.495. The van der Waals surface area contributed by atoms with Gasteiger partial charge in [-0.15, -0.1) is 5.10 Å². The van der Waals surface area contributed by atoms with Crippen molar-refractivity contribution in [3.63, 3.8) is 0 Å². The van der Waals surface area contributed by atoms with E-state index < -0.39 is 0 Å². The summed E-state index contributed by atoms with van der Waals surface area (Å²) in [5, 5.41) is 28.7. The number of anilines is 1. The molecule has 0 spiro atoms. The summed E-state index contributed by atoms with van der Waals surface area (Å²) in [6, 6.07) is 10.1. The molecule has 3 aromatic heterocycles. The standard InChI is InChI=1S/C21H23N7O2/c29-9-6-21(14-30)5-8-27(13-21)18-11-23-19-20(24-18)28(26-25-19)12-15-3-4-17-16(10-15)2-1-7-22-17/h1-4,7,10-11,29-30H,5-6,8-9,12-14H2. The van der Waals surface area contributed by atoms with Crippen LogP contribution in [0.15, 0.2) is 42.7 Å². The van der Waals surface area contributed by atoms with Crippen LogP contribution in [0.2, 0.25) is 0 Å². The highest BCUT2D eigenvalue weighted by molar-refractivity contribution is 5.79. The normalized spacial score (nSPS) is 19.2. The Balaban J connectivity index is 1.43. The number of fused-ring (bicyclic) bond motifs is 2. The van der Waals surface area contributed by atoms with Crippen LogP contribution in [0, 0.1) is 5.41 Å². The molecule has 1 atom stereocenters. The molecule has 5 rings (SSSR count). The molecule has 0 amide bonds. The van der Waals surface area contributed by atoms with Crippen molar-refractivity contribution in [3.8, 4) is 0 Å². The molecule has 1 fully saturated rings. The molecule has 0 aliphatic carbocycles. The second-order valence-corrected chi connectivity index (χ2v) is 7.96. The van der Waals surface area contributed by atoms with Gasteiger partial charge in [-0.25, -0.2) is 14.6 Å². The van der Waals surface area contributed by atoms with Gasteiger partial charge >= 0.3 is 0 Å². The summed E-state index contributed by atoms with van der Waals surface area (Å²) >= 11 is 0. The largest absolute Gasteiger partial charge is 0.396 e. The topological polar surface area (TPSA) is 113 Å². The predicted molar refractivity (Wildman–Crippen MR) is 112 cm³/mol. The number of benzene rings is 1. The van der Waals surface area contributed by atoms with Crippen molar-refractivity contribution in [2.45, 2.75) is 19.4 Å². The van der Waals surface area contributed by atoms with Crippen molar-refractivity contribution < 1.29 is 10.2 Å². The average Bonchev–Trinajstić information content (AvgIpc) is 3.39. The van der Waals surface area contributed by atoms with Crippen LogP contribution in [0.5, 0.6) is 0 Å². The van der Waals surface area contributed by atoms with Gasteiger partial charge in [0.2, 0.25) is 5.65 Å². The van der Waals surface area contributed by atoms with Gasteiger partial charge in [0, 0.05) is 36.7 Å². The number of nitrogens with zero attached hydrogens (tertiary/aromatic N) is 7. The Kier molecular flexibility index (Phi) is 4.76. The lowest BCUT2D eigenvalue weighted by Gasteiger charge is -2.26. The molecule has 1 saturated heterocycles. The minimum absolute atomic E-state index is 0.0516. The Morgan fingerprint density at radius 1 is 1.13 bits per heavy atom. The van der Waals surface area contributed by atoms with E-state index >= 15 is 0 Å². The second kappa shape index (κ2) is 7.58. The third-order valence-electron chi connectivity index (χ3n) is 5.95. The molecule has 4 aromatic rings. The van der Waals surface area contributed by atoms with E-state index in [1.54, 1.807) is 17.1 Å². The first-order valence-corrected chi connectivity index (χ1v) is 10.1. The average molecular weight is 405 g/mol. The van der Waals surface area contributed by atoms with Crippen molar-refractivity contribution in [1.82, 2.24) is 29.9 Å². The summed E-state index contributed by atoms with van der Waals surface area (Å²) in [6.07, 6.45) is 4.88. The van der Waals surface area contributed by atoms with Crippen LogP contribution in [0.25, 0.3) is 22.2 Å². The number of hydrogen-bond acceptors (Lipinski definition) is 8. The molecule has 4 heterocycles. The molecule has 1 unspecified atom stereocenters. The highest BCUT2D eigenvalue weighted by Gasteiger charge is 2.38. The van der Waals surface area contributed by atoms with Crippen LogP contribution in [-0.2, 0) is 6.54 Å². The van der Waals surface area contributed by atoms with E-state index in [1.807, 2.05) is 24.3 Å². The molecule has 1 aromatic carbocycles. The smallest absolute Gasteiger partial charge is 0.221 e. The number of aromatic nitrogens is 6. The second-order valence-electron chi connectivity index (χ2n) is 7.96. The first-order chi connectivity index (χ1) is 14.7. The van der Waals surface area contributed by atoms with Crippen molar-refractivity contribution in [2.75, 3.05) is 31.2 Å². The zero-order chi connectivity index (χ0) is 20.6. The lowest BCUT2D eigenvalue weighted by Crippen LogP contribution is -2.31. The van der Waals surface area contributed by atoms with Crippen LogP contribution >= 0.6 is 0 Å². The Hall–Kier alpha value is -3.17. The molecule has 154 valence electrons. The number of hydrogen-bond donors (Lipinski definition) is 2. The van der Waals surface area contributed by atoms with E-state index in [1.165, 1.54) is 0 Å². The maximum Gasteiger partial charge on any atom is 0.221 e.